The van der Waals surface area contributed by atoms with E-state index in [1.165, 1.54) is 5.56 Å². The van der Waals surface area contributed by atoms with Gasteiger partial charge in [0.05, 0.1) is 0 Å². The zero-order valence-corrected chi connectivity index (χ0v) is 13.1. The predicted octanol–water partition coefficient (Wildman–Crippen LogP) is 4.39. The van der Waals surface area contributed by atoms with Crippen molar-refractivity contribution in [3.05, 3.63) is 63.3 Å². The van der Waals surface area contributed by atoms with Crippen LogP contribution in [0.1, 0.15) is 24.2 Å². The number of benzene rings is 1. The average Bonchev–Trinajstić information content (AvgIpc) is 2.41. The summed E-state index contributed by atoms with van der Waals surface area (Å²) in [6, 6.07) is 12.3. The molecule has 1 heterocycles. The molecule has 0 saturated heterocycles. The summed E-state index contributed by atoms with van der Waals surface area (Å²) in [5, 5.41) is 4.25. The maximum Gasteiger partial charge on any atom is 0.0423 e. The maximum atomic E-state index is 6.06. The Labute approximate surface area is 127 Å². The van der Waals surface area contributed by atoms with Gasteiger partial charge in [0.15, 0.2) is 0 Å². The molecule has 2 nitrogen and oxygen atoms in total. The van der Waals surface area contributed by atoms with Crippen molar-refractivity contribution >= 4 is 27.5 Å². The van der Waals surface area contributed by atoms with Crippen LogP contribution in [0.3, 0.4) is 0 Å². The highest BCUT2D eigenvalue weighted by Gasteiger charge is 2.12. The van der Waals surface area contributed by atoms with Crippen molar-refractivity contribution in [3.63, 3.8) is 0 Å². The Bertz CT molecular complexity index is 528. The van der Waals surface area contributed by atoms with E-state index in [0.717, 1.165) is 28.2 Å². The van der Waals surface area contributed by atoms with E-state index in [-0.39, 0.29) is 6.04 Å². The Morgan fingerprint density at radius 3 is 2.79 bits per heavy atom. The highest BCUT2D eigenvalue weighted by Crippen LogP contribution is 2.21. The number of nitrogens with one attached hydrogen (secondary N) is 1. The Kier molecular flexibility index (Phi) is 5.37. The first-order valence-electron chi connectivity index (χ1n) is 6.28. The number of halogens is 2. The molecule has 0 fully saturated rings. The second-order valence-corrected chi connectivity index (χ2v) is 5.69. The van der Waals surface area contributed by atoms with Gasteiger partial charge in [0.1, 0.15) is 0 Å². The van der Waals surface area contributed by atoms with Crippen LogP contribution < -0.4 is 5.32 Å². The molecule has 2 rings (SSSR count). The van der Waals surface area contributed by atoms with Gasteiger partial charge in [-0.3, -0.25) is 4.98 Å². The van der Waals surface area contributed by atoms with Gasteiger partial charge >= 0.3 is 0 Å². The van der Waals surface area contributed by atoms with Gasteiger partial charge in [0.2, 0.25) is 0 Å². The molecule has 0 spiro atoms. The van der Waals surface area contributed by atoms with Crippen molar-refractivity contribution in [2.45, 2.75) is 19.4 Å². The molecule has 100 valence electrons. The topological polar surface area (TPSA) is 24.9 Å². The average molecular weight is 340 g/mol. The summed E-state index contributed by atoms with van der Waals surface area (Å²) in [6.45, 7) is 3.01. The lowest BCUT2D eigenvalue weighted by Crippen LogP contribution is -2.23. The molecule has 1 N–H and O–H groups in total. The summed E-state index contributed by atoms with van der Waals surface area (Å²) in [7, 11) is 0. The minimum absolute atomic E-state index is 0.234. The molecular weight excluding hydrogens is 324 g/mol. The Morgan fingerprint density at radius 2 is 2.16 bits per heavy atom. The zero-order chi connectivity index (χ0) is 13.7. The third-order valence-corrected chi connectivity index (χ3v) is 3.61. The van der Waals surface area contributed by atoms with Gasteiger partial charge in [-0.15, -0.1) is 0 Å². The Hall–Kier alpha value is -0.900. The quantitative estimate of drug-likeness (QED) is 0.874. The Balaban J connectivity index is 2.18. The Morgan fingerprint density at radius 1 is 1.32 bits per heavy atom. The lowest BCUT2D eigenvalue weighted by Gasteiger charge is -2.18. The van der Waals surface area contributed by atoms with Gasteiger partial charge in [-0.2, -0.15) is 0 Å². The van der Waals surface area contributed by atoms with E-state index in [4.69, 9.17) is 11.6 Å². The normalized spacial score (nSPS) is 12.4. The molecule has 0 aliphatic heterocycles. The minimum Gasteiger partial charge on any atom is -0.310 e. The van der Waals surface area contributed by atoms with Crippen molar-refractivity contribution in [1.29, 1.82) is 0 Å². The molecule has 1 aromatic heterocycles. The summed E-state index contributed by atoms with van der Waals surface area (Å²) in [5.41, 5.74) is 2.26. The zero-order valence-electron chi connectivity index (χ0n) is 10.7. The van der Waals surface area contributed by atoms with E-state index in [2.05, 4.69) is 39.2 Å². The minimum atomic E-state index is 0.234. The van der Waals surface area contributed by atoms with Crippen LogP contribution >= 0.6 is 27.5 Å². The number of pyridine rings is 1. The van der Waals surface area contributed by atoms with Crippen molar-refractivity contribution in [2.24, 2.45) is 0 Å². The maximum absolute atomic E-state index is 6.06. The second kappa shape index (κ2) is 7.04. The first kappa shape index (κ1) is 14.5. The molecule has 0 radical (unpaired) electrons. The number of rotatable bonds is 5. The van der Waals surface area contributed by atoms with Crippen molar-refractivity contribution in [3.8, 4) is 0 Å². The van der Waals surface area contributed by atoms with E-state index >= 15 is 0 Å². The third kappa shape index (κ3) is 4.30. The summed E-state index contributed by atoms with van der Waals surface area (Å²) in [5.74, 6) is 0. The summed E-state index contributed by atoms with van der Waals surface area (Å²) in [6.07, 6.45) is 2.68. The molecule has 0 bridgehead atoms. The standard InChI is InChI=1S/C15H16BrClN2/c1-2-18-15(11-4-3-5-13(17)8-11)9-14-7-6-12(16)10-19-14/h3-8,10,15,18H,2,9H2,1H3. The van der Waals surface area contributed by atoms with Crippen LogP contribution in [-0.2, 0) is 6.42 Å². The molecule has 0 saturated carbocycles. The SMILES string of the molecule is CCNC(Cc1ccc(Br)cn1)c1cccc(Cl)c1. The fraction of sp³-hybridized carbons (Fsp3) is 0.267. The van der Waals surface area contributed by atoms with Crippen LogP contribution in [0, 0.1) is 0 Å². The van der Waals surface area contributed by atoms with Gasteiger partial charge in [-0.05, 0) is 52.3 Å². The number of aromatic nitrogens is 1. The molecule has 1 aromatic carbocycles. The molecule has 2 aromatic rings. The molecule has 0 amide bonds. The van der Waals surface area contributed by atoms with E-state index in [0.29, 0.717) is 0 Å². The first-order chi connectivity index (χ1) is 9.19. The largest absolute Gasteiger partial charge is 0.310 e. The summed E-state index contributed by atoms with van der Waals surface area (Å²) in [4.78, 5) is 4.43. The predicted molar refractivity (Wildman–Crippen MR) is 83.5 cm³/mol. The van der Waals surface area contributed by atoms with Crippen LogP contribution in [0.5, 0.6) is 0 Å². The van der Waals surface area contributed by atoms with E-state index in [1.54, 1.807) is 0 Å². The number of likely N-dealkylation sites (N-methyl/N-ethyl adjacent to an activating group) is 1. The van der Waals surface area contributed by atoms with Crippen molar-refractivity contribution < 1.29 is 0 Å². The number of nitrogens with zero attached hydrogens (tertiary/aromatic N) is 1. The van der Waals surface area contributed by atoms with Gasteiger partial charge in [-0.25, -0.2) is 0 Å². The van der Waals surface area contributed by atoms with E-state index in [1.807, 2.05) is 36.5 Å². The molecule has 19 heavy (non-hydrogen) atoms. The van der Waals surface area contributed by atoms with Crippen LogP contribution in [0.25, 0.3) is 0 Å². The molecule has 0 aliphatic rings. The molecule has 1 unspecified atom stereocenters. The lowest BCUT2D eigenvalue weighted by molar-refractivity contribution is 0.544. The molecule has 1 atom stereocenters. The second-order valence-electron chi connectivity index (χ2n) is 4.34. The van der Waals surface area contributed by atoms with Crippen LogP contribution in [-0.4, -0.2) is 11.5 Å². The van der Waals surface area contributed by atoms with Crippen molar-refractivity contribution in [1.82, 2.24) is 10.3 Å². The van der Waals surface area contributed by atoms with Crippen LogP contribution in [0.2, 0.25) is 5.02 Å². The number of hydrogen-bond acceptors (Lipinski definition) is 2. The monoisotopic (exact) mass is 338 g/mol. The number of hydrogen-bond donors (Lipinski definition) is 1. The van der Waals surface area contributed by atoms with Crippen molar-refractivity contribution in [2.75, 3.05) is 6.54 Å². The fourth-order valence-corrected chi connectivity index (χ4v) is 2.45. The fourth-order valence-electron chi connectivity index (χ4n) is 2.01. The van der Waals surface area contributed by atoms with Gasteiger partial charge < -0.3 is 5.32 Å². The molecule has 4 heteroatoms. The first-order valence-corrected chi connectivity index (χ1v) is 7.45. The van der Waals surface area contributed by atoms with Crippen LogP contribution in [0.15, 0.2) is 47.1 Å². The highest BCUT2D eigenvalue weighted by atomic mass is 79.9. The van der Waals surface area contributed by atoms with Gasteiger partial charge in [0.25, 0.3) is 0 Å². The smallest absolute Gasteiger partial charge is 0.0423 e. The highest BCUT2D eigenvalue weighted by molar-refractivity contribution is 9.10. The summed E-state index contributed by atoms with van der Waals surface area (Å²) < 4.78 is 0.999. The van der Waals surface area contributed by atoms with Gasteiger partial charge in [-0.1, -0.05) is 30.7 Å². The lowest BCUT2D eigenvalue weighted by atomic mass is 10.0. The summed E-state index contributed by atoms with van der Waals surface area (Å²) >= 11 is 9.46. The van der Waals surface area contributed by atoms with Crippen LogP contribution in [0.4, 0.5) is 0 Å². The molecular formula is C15H16BrClN2. The van der Waals surface area contributed by atoms with E-state index < -0.39 is 0 Å². The third-order valence-electron chi connectivity index (χ3n) is 2.90. The molecule has 0 aliphatic carbocycles. The van der Waals surface area contributed by atoms with Gasteiger partial charge in [0, 0.05) is 33.8 Å². The van der Waals surface area contributed by atoms with E-state index in [9.17, 15) is 0 Å².